The van der Waals surface area contributed by atoms with Crippen molar-refractivity contribution in [3.8, 4) is 17.5 Å². The Bertz CT molecular complexity index is 1130. The topological polar surface area (TPSA) is 128 Å². The summed E-state index contributed by atoms with van der Waals surface area (Å²) in [6, 6.07) is 7.40. The molecule has 178 valence electrons. The van der Waals surface area contributed by atoms with E-state index in [4.69, 9.17) is 4.42 Å². The molecule has 0 bridgehead atoms. The van der Waals surface area contributed by atoms with E-state index in [0.717, 1.165) is 6.42 Å². The highest BCUT2D eigenvalue weighted by Gasteiger charge is 2.22. The van der Waals surface area contributed by atoms with Gasteiger partial charge in [-0.15, -0.1) is 0 Å². The molecule has 0 radical (unpaired) electrons. The Morgan fingerprint density at radius 3 is 2.65 bits per heavy atom. The number of ketones is 1. The lowest BCUT2D eigenvalue weighted by atomic mass is 10.0. The predicted octanol–water partition coefficient (Wildman–Crippen LogP) is 3.63. The van der Waals surface area contributed by atoms with Crippen molar-refractivity contribution in [3.05, 3.63) is 59.8 Å². The van der Waals surface area contributed by atoms with Gasteiger partial charge in [0, 0.05) is 12.0 Å². The van der Waals surface area contributed by atoms with Crippen molar-refractivity contribution in [2.45, 2.75) is 38.1 Å². The summed E-state index contributed by atoms with van der Waals surface area (Å²) in [6.45, 7) is 0.196. The first-order chi connectivity index (χ1) is 16.4. The fraction of sp³-hybridized carbons (Fsp3) is 0.375. The van der Waals surface area contributed by atoms with Crippen LogP contribution in [-0.2, 0) is 4.79 Å². The molecule has 0 spiro atoms. The van der Waals surface area contributed by atoms with Crippen molar-refractivity contribution in [2.24, 2.45) is 0 Å². The maximum atomic E-state index is 13.3. The van der Waals surface area contributed by atoms with Crippen molar-refractivity contribution in [1.82, 2.24) is 25.2 Å². The minimum absolute atomic E-state index is 0.110. The van der Waals surface area contributed by atoms with Crippen LogP contribution >= 0.6 is 0 Å². The molecular formula is C24H27FN6O3. The first-order valence-corrected chi connectivity index (χ1v) is 11.0. The van der Waals surface area contributed by atoms with Crippen molar-refractivity contribution < 1.29 is 18.4 Å². The molecule has 1 unspecified atom stereocenters. The zero-order valence-electron chi connectivity index (χ0n) is 19.2. The molecule has 2 N–H and O–H groups in total. The number of Topliss-reactive ketones (excluding diaryl/α,β-unsaturated/α-hetero) is 1. The molecule has 10 heteroatoms. The van der Waals surface area contributed by atoms with Crippen LogP contribution in [-0.4, -0.2) is 52.2 Å². The van der Waals surface area contributed by atoms with Gasteiger partial charge in [-0.1, -0.05) is 12.8 Å². The molecule has 34 heavy (non-hydrogen) atoms. The Morgan fingerprint density at radius 1 is 1.24 bits per heavy atom. The first-order valence-electron chi connectivity index (χ1n) is 11.0. The number of aromatic nitrogens is 3. The van der Waals surface area contributed by atoms with Gasteiger partial charge in [0.1, 0.15) is 24.0 Å². The van der Waals surface area contributed by atoms with Crippen LogP contribution in [0.5, 0.6) is 0 Å². The van der Waals surface area contributed by atoms with Gasteiger partial charge in [0.15, 0.2) is 5.69 Å². The summed E-state index contributed by atoms with van der Waals surface area (Å²) in [4.78, 5) is 37.6. The number of halogens is 1. The molecule has 0 saturated heterocycles. The number of nitrogens with zero attached hydrogens (tertiary/aromatic N) is 4. The highest BCUT2D eigenvalue weighted by atomic mass is 19.1. The maximum absolute atomic E-state index is 13.3. The number of carbonyl (C=O) groups excluding carboxylic acids is 2. The number of unbranched alkanes of at least 4 members (excludes halogenated alkanes) is 2. The molecule has 1 atom stereocenters. The van der Waals surface area contributed by atoms with Gasteiger partial charge >= 0.3 is 0 Å². The Hall–Kier alpha value is -3.84. The Morgan fingerprint density at radius 2 is 2.00 bits per heavy atom. The zero-order valence-corrected chi connectivity index (χ0v) is 19.2. The molecule has 3 aromatic rings. The minimum atomic E-state index is -0.466. The summed E-state index contributed by atoms with van der Waals surface area (Å²) in [5.41, 5.74) is 1.31. The minimum Gasteiger partial charge on any atom is -0.442 e. The number of nitriles is 1. The third-order valence-corrected chi connectivity index (χ3v) is 5.17. The van der Waals surface area contributed by atoms with E-state index in [1.807, 2.05) is 0 Å². The highest BCUT2D eigenvalue weighted by molar-refractivity contribution is 5.91. The van der Waals surface area contributed by atoms with Crippen LogP contribution in [0.25, 0.3) is 11.4 Å². The Labute approximate surface area is 197 Å². The third-order valence-electron chi connectivity index (χ3n) is 5.17. The summed E-state index contributed by atoms with van der Waals surface area (Å²) in [6.07, 6.45) is 5.77. The molecule has 2 aromatic heterocycles. The average Bonchev–Trinajstić information content (AvgIpc) is 3.48. The van der Waals surface area contributed by atoms with E-state index >= 15 is 0 Å². The Kier molecular flexibility index (Phi) is 8.65. The molecule has 0 aliphatic rings. The van der Waals surface area contributed by atoms with Crippen molar-refractivity contribution >= 4 is 11.7 Å². The fourth-order valence-electron chi connectivity index (χ4n) is 3.56. The Balaban J connectivity index is 1.69. The number of carbonyl (C=O) groups is 2. The van der Waals surface area contributed by atoms with E-state index in [1.54, 1.807) is 31.1 Å². The standard InChI is InChI=1S/C24H27FN6O3/c1-31(2)15-21(33)28-18(6-4-3-5-7-20(32)24-27-12-13-34-24)22-19(14-26)29-23(30-22)16-8-10-17(25)11-9-16/h8-13,18H,3-7,15H2,1-2H3,(H,28,33)(H,29,30). The van der Waals surface area contributed by atoms with E-state index in [9.17, 15) is 19.2 Å². The lowest BCUT2D eigenvalue weighted by Crippen LogP contribution is -2.36. The molecule has 0 aliphatic heterocycles. The quantitative estimate of drug-likeness (QED) is 0.308. The van der Waals surface area contributed by atoms with Crippen LogP contribution in [0.3, 0.4) is 0 Å². The number of H-pyrrole nitrogens is 1. The van der Waals surface area contributed by atoms with E-state index in [0.29, 0.717) is 42.8 Å². The molecular weight excluding hydrogens is 439 g/mol. The number of likely N-dealkylation sites (N-methyl/N-ethyl adjacent to an activating group) is 1. The lowest BCUT2D eigenvalue weighted by Gasteiger charge is -2.19. The van der Waals surface area contributed by atoms with Crippen LogP contribution in [0.15, 0.2) is 41.1 Å². The predicted molar refractivity (Wildman–Crippen MR) is 122 cm³/mol. The van der Waals surface area contributed by atoms with Gasteiger partial charge < -0.3 is 19.6 Å². The van der Waals surface area contributed by atoms with Gasteiger partial charge in [-0.2, -0.15) is 5.26 Å². The number of aromatic amines is 1. The number of benzene rings is 1. The van der Waals surface area contributed by atoms with E-state index in [2.05, 4.69) is 26.3 Å². The molecule has 1 amide bonds. The molecule has 0 aliphatic carbocycles. The summed E-state index contributed by atoms with van der Waals surface area (Å²) < 4.78 is 18.3. The number of rotatable bonds is 12. The summed E-state index contributed by atoms with van der Waals surface area (Å²) in [5, 5.41) is 12.6. The number of hydrogen-bond acceptors (Lipinski definition) is 7. The smallest absolute Gasteiger partial charge is 0.263 e. The number of nitrogens with one attached hydrogen (secondary N) is 2. The van der Waals surface area contributed by atoms with Gasteiger partial charge in [0.25, 0.3) is 5.89 Å². The lowest BCUT2D eigenvalue weighted by molar-refractivity contribution is -0.122. The van der Waals surface area contributed by atoms with Crippen LogP contribution in [0.4, 0.5) is 4.39 Å². The SMILES string of the molecule is CN(C)CC(=O)NC(CCCCCC(=O)c1ncco1)c1[nH]c(-c2ccc(F)cc2)nc1C#N. The summed E-state index contributed by atoms with van der Waals surface area (Å²) >= 11 is 0. The number of oxazole rings is 1. The van der Waals surface area contributed by atoms with Crippen LogP contribution < -0.4 is 5.32 Å². The second kappa shape index (κ2) is 11.9. The zero-order chi connectivity index (χ0) is 24.5. The van der Waals surface area contributed by atoms with Crippen LogP contribution in [0.2, 0.25) is 0 Å². The van der Waals surface area contributed by atoms with Crippen molar-refractivity contribution in [2.75, 3.05) is 20.6 Å². The number of hydrogen-bond donors (Lipinski definition) is 2. The van der Waals surface area contributed by atoms with Gasteiger partial charge in [-0.3, -0.25) is 9.59 Å². The third kappa shape index (κ3) is 6.83. The normalized spacial score (nSPS) is 11.9. The summed E-state index contributed by atoms with van der Waals surface area (Å²) in [5.74, 6) is -0.166. The molecule has 3 rings (SSSR count). The van der Waals surface area contributed by atoms with Crippen molar-refractivity contribution in [3.63, 3.8) is 0 Å². The van der Waals surface area contributed by atoms with E-state index < -0.39 is 6.04 Å². The largest absolute Gasteiger partial charge is 0.442 e. The first kappa shape index (κ1) is 24.8. The molecule has 0 saturated carbocycles. The van der Waals surface area contributed by atoms with Crippen LogP contribution in [0, 0.1) is 17.1 Å². The monoisotopic (exact) mass is 466 g/mol. The second-order valence-electron chi connectivity index (χ2n) is 8.18. The van der Waals surface area contributed by atoms with Gasteiger partial charge in [-0.05, 0) is 51.2 Å². The number of imidazole rings is 1. The number of amides is 1. The maximum Gasteiger partial charge on any atom is 0.263 e. The average molecular weight is 467 g/mol. The van der Waals surface area contributed by atoms with Gasteiger partial charge in [0.05, 0.1) is 24.5 Å². The van der Waals surface area contributed by atoms with Crippen molar-refractivity contribution in [1.29, 1.82) is 5.26 Å². The molecule has 0 fully saturated rings. The molecule has 9 nitrogen and oxygen atoms in total. The highest BCUT2D eigenvalue weighted by Crippen LogP contribution is 2.26. The van der Waals surface area contributed by atoms with E-state index in [-0.39, 0.29) is 35.6 Å². The van der Waals surface area contributed by atoms with Crippen LogP contribution in [0.1, 0.15) is 60.2 Å². The van der Waals surface area contributed by atoms with Gasteiger partial charge in [0.2, 0.25) is 11.7 Å². The molecule has 1 aromatic carbocycles. The second-order valence-corrected chi connectivity index (χ2v) is 8.18. The summed E-state index contributed by atoms with van der Waals surface area (Å²) in [7, 11) is 3.59. The van der Waals surface area contributed by atoms with Gasteiger partial charge in [-0.25, -0.2) is 14.4 Å². The fourth-order valence-corrected chi connectivity index (χ4v) is 3.56. The van der Waals surface area contributed by atoms with E-state index in [1.165, 1.54) is 24.6 Å². The molecule has 2 heterocycles.